The lowest BCUT2D eigenvalue weighted by molar-refractivity contribution is 0.413. The summed E-state index contributed by atoms with van der Waals surface area (Å²) in [5.74, 6) is 1.12. The second-order valence-electron chi connectivity index (χ2n) is 5.42. The zero-order chi connectivity index (χ0) is 12.3. The van der Waals surface area contributed by atoms with Crippen LogP contribution in [0.1, 0.15) is 68.1 Å². The van der Waals surface area contributed by atoms with Crippen LogP contribution in [0.5, 0.6) is 5.75 Å². The maximum Gasteiger partial charge on any atom is 0.119 e. The molecule has 1 aliphatic carbocycles. The third-order valence-corrected chi connectivity index (χ3v) is 4.05. The summed E-state index contributed by atoms with van der Waals surface area (Å²) in [7, 11) is 0. The average molecular weight is 232 g/mol. The van der Waals surface area contributed by atoms with E-state index in [1.54, 1.807) is 0 Å². The van der Waals surface area contributed by atoms with E-state index in [0.717, 1.165) is 6.42 Å². The second-order valence-corrected chi connectivity index (χ2v) is 5.42. The highest BCUT2D eigenvalue weighted by atomic mass is 16.3. The van der Waals surface area contributed by atoms with Gasteiger partial charge in [0.15, 0.2) is 0 Å². The predicted octanol–water partition coefficient (Wildman–Crippen LogP) is 4.70. The van der Waals surface area contributed by atoms with Crippen LogP contribution in [-0.2, 0) is 6.42 Å². The molecule has 1 nitrogen and oxygen atoms in total. The van der Waals surface area contributed by atoms with Crippen LogP contribution in [0.15, 0.2) is 12.1 Å². The van der Waals surface area contributed by atoms with Gasteiger partial charge >= 0.3 is 0 Å². The minimum Gasteiger partial charge on any atom is -0.508 e. The molecule has 94 valence electrons. The summed E-state index contributed by atoms with van der Waals surface area (Å²) in [4.78, 5) is 0. The second kappa shape index (κ2) is 5.57. The van der Waals surface area contributed by atoms with E-state index in [4.69, 9.17) is 0 Å². The number of hydrogen-bond acceptors (Lipinski definition) is 1. The van der Waals surface area contributed by atoms with Crippen LogP contribution in [0.2, 0.25) is 0 Å². The van der Waals surface area contributed by atoms with Gasteiger partial charge in [-0.1, -0.05) is 38.7 Å². The molecule has 0 saturated heterocycles. The SMILES string of the molecule is CCCc1cc(C2CCCCC2)c(O)cc1C. The van der Waals surface area contributed by atoms with E-state index in [9.17, 15) is 5.11 Å². The predicted molar refractivity (Wildman–Crippen MR) is 72.7 cm³/mol. The normalized spacial score (nSPS) is 17.3. The van der Waals surface area contributed by atoms with E-state index in [1.165, 1.54) is 55.2 Å². The van der Waals surface area contributed by atoms with Gasteiger partial charge in [-0.25, -0.2) is 0 Å². The van der Waals surface area contributed by atoms with Crippen LogP contribution in [0.4, 0.5) is 0 Å². The highest BCUT2D eigenvalue weighted by Crippen LogP contribution is 2.38. The van der Waals surface area contributed by atoms with Crippen molar-refractivity contribution in [3.63, 3.8) is 0 Å². The molecule has 1 aromatic carbocycles. The van der Waals surface area contributed by atoms with Crippen molar-refractivity contribution in [2.24, 2.45) is 0 Å². The highest BCUT2D eigenvalue weighted by Gasteiger charge is 2.19. The molecular weight excluding hydrogens is 208 g/mol. The number of phenols is 1. The lowest BCUT2D eigenvalue weighted by Gasteiger charge is -2.24. The maximum atomic E-state index is 10.1. The number of aromatic hydroxyl groups is 1. The molecule has 0 aliphatic heterocycles. The van der Waals surface area contributed by atoms with E-state index in [-0.39, 0.29) is 0 Å². The van der Waals surface area contributed by atoms with Gasteiger partial charge in [0.1, 0.15) is 5.75 Å². The van der Waals surface area contributed by atoms with Crippen molar-refractivity contribution < 1.29 is 5.11 Å². The first-order valence-electron chi connectivity index (χ1n) is 7.04. The first-order chi connectivity index (χ1) is 8.22. The fourth-order valence-electron chi connectivity index (χ4n) is 3.04. The van der Waals surface area contributed by atoms with Gasteiger partial charge in [-0.3, -0.25) is 0 Å². The molecule has 1 aromatic rings. The molecule has 0 radical (unpaired) electrons. The molecule has 1 aliphatic rings. The molecule has 2 rings (SSSR count). The Bertz CT molecular complexity index is 375. The number of aryl methyl sites for hydroxylation is 2. The molecule has 0 amide bonds. The smallest absolute Gasteiger partial charge is 0.119 e. The molecule has 1 N–H and O–H groups in total. The molecule has 0 heterocycles. The third kappa shape index (κ3) is 2.83. The molecule has 0 aromatic heterocycles. The Labute approximate surface area is 105 Å². The van der Waals surface area contributed by atoms with Crippen molar-refractivity contribution in [1.82, 2.24) is 0 Å². The molecule has 1 heteroatoms. The van der Waals surface area contributed by atoms with Crippen molar-refractivity contribution in [2.75, 3.05) is 0 Å². The molecule has 0 spiro atoms. The van der Waals surface area contributed by atoms with E-state index in [0.29, 0.717) is 11.7 Å². The Balaban J connectivity index is 2.28. The fraction of sp³-hybridized carbons (Fsp3) is 0.625. The Kier molecular flexibility index (Phi) is 4.09. The van der Waals surface area contributed by atoms with Crippen molar-refractivity contribution in [1.29, 1.82) is 0 Å². The zero-order valence-corrected chi connectivity index (χ0v) is 11.1. The first-order valence-corrected chi connectivity index (χ1v) is 7.04. The minimum atomic E-state index is 0.522. The molecule has 0 bridgehead atoms. The third-order valence-electron chi connectivity index (χ3n) is 4.05. The van der Waals surface area contributed by atoms with Gasteiger partial charge in [-0.15, -0.1) is 0 Å². The van der Waals surface area contributed by atoms with Gasteiger partial charge in [0.25, 0.3) is 0 Å². The molecular formula is C16H24O. The number of rotatable bonds is 3. The summed E-state index contributed by atoms with van der Waals surface area (Å²) < 4.78 is 0. The summed E-state index contributed by atoms with van der Waals surface area (Å²) >= 11 is 0. The Morgan fingerprint density at radius 3 is 2.53 bits per heavy atom. The Hall–Kier alpha value is -0.980. The Morgan fingerprint density at radius 2 is 1.88 bits per heavy atom. The first kappa shape index (κ1) is 12.5. The lowest BCUT2D eigenvalue weighted by Crippen LogP contribution is -2.06. The summed E-state index contributed by atoms with van der Waals surface area (Å²) in [5.41, 5.74) is 3.87. The van der Waals surface area contributed by atoms with Crippen LogP contribution < -0.4 is 0 Å². The molecule has 1 saturated carbocycles. The standard InChI is InChI=1S/C16H24O/c1-3-7-14-11-15(16(17)10-12(14)2)13-8-5-4-6-9-13/h10-11,13,17H,3-9H2,1-2H3. The molecule has 0 atom stereocenters. The number of benzene rings is 1. The topological polar surface area (TPSA) is 20.2 Å². The summed E-state index contributed by atoms with van der Waals surface area (Å²) in [6.07, 6.45) is 8.82. The van der Waals surface area contributed by atoms with Crippen molar-refractivity contribution in [2.45, 2.75) is 64.7 Å². The van der Waals surface area contributed by atoms with Crippen molar-refractivity contribution >= 4 is 0 Å². The van der Waals surface area contributed by atoms with Crippen molar-refractivity contribution in [3.05, 3.63) is 28.8 Å². The molecule has 0 unspecified atom stereocenters. The van der Waals surface area contributed by atoms with Crippen LogP contribution >= 0.6 is 0 Å². The van der Waals surface area contributed by atoms with Gasteiger partial charge in [0.2, 0.25) is 0 Å². The quantitative estimate of drug-likeness (QED) is 0.800. The maximum absolute atomic E-state index is 10.1. The minimum absolute atomic E-state index is 0.522. The molecule has 17 heavy (non-hydrogen) atoms. The largest absolute Gasteiger partial charge is 0.508 e. The molecule has 1 fully saturated rings. The average Bonchev–Trinajstić information content (AvgIpc) is 2.34. The van der Waals surface area contributed by atoms with Gasteiger partial charge in [0.05, 0.1) is 0 Å². The fourth-order valence-corrected chi connectivity index (χ4v) is 3.04. The van der Waals surface area contributed by atoms with Gasteiger partial charge < -0.3 is 5.11 Å². The number of hydrogen-bond donors (Lipinski definition) is 1. The highest BCUT2D eigenvalue weighted by molar-refractivity contribution is 5.43. The van der Waals surface area contributed by atoms with Crippen molar-refractivity contribution in [3.8, 4) is 5.75 Å². The summed E-state index contributed by atoms with van der Waals surface area (Å²) in [6.45, 7) is 4.32. The monoisotopic (exact) mass is 232 g/mol. The van der Waals surface area contributed by atoms with E-state index >= 15 is 0 Å². The van der Waals surface area contributed by atoms with E-state index < -0.39 is 0 Å². The van der Waals surface area contributed by atoms with Crippen LogP contribution in [0, 0.1) is 6.92 Å². The van der Waals surface area contributed by atoms with Gasteiger partial charge in [-0.05, 0) is 54.9 Å². The van der Waals surface area contributed by atoms with Crippen LogP contribution in [0.25, 0.3) is 0 Å². The lowest BCUT2D eigenvalue weighted by atomic mass is 9.82. The van der Waals surface area contributed by atoms with Gasteiger partial charge in [0, 0.05) is 0 Å². The summed E-state index contributed by atoms with van der Waals surface area (Å²) in [6, 6.07) is 4.24. The number of phenolic OH excluding ortho intramolecular Hbond substituents is 1. The van der Waals surface area contributed by atoms with Crippen LogP contribution in [-0.4, -0.2) is 5.11 Å². The van der Waals surface area contributed by atoms with E-state index in [2.05, 4.69) is 19.9 Å². The zero-order valence-electron chi connectivity index (χ0n) is 11.1. The Morgan fingerprint density at radius 1 is 1.18 bits per heavy atom. The van der Waals surface area contributed by atoms with Crippen LogP contribution in [0.3, 0.4) is 0 Å². The van der Waals surface area contributed by atoms with Gasteiger partial charge in [-0.2, -0.15) is 0 Å². The van der Waals surface area contributed by atoms with E-state index in [1.807, 2.05) is 6.07 Å². The summed E-state index contributed by atoms with van der Waals surface area (Å²) in [5, 5.41) is 10.1.